The van der Waals surface area contributed by atoms with Crippen LogP contribution in [0.3, 0.4) is 0 Å². The largest absolute Gasteiger partial charge is 0.472 e. The second-order valence-electron chi connectivity index (χ2n) is 30.4. The van der Waals surface area contributed by atoms with Crippen LogP contribution in [-0.4, -0.2) is 95.9 Å². The van der Waals surface area contributed by atoms with Crippen LogP contribution >= 0.6 is 15.6 Å². The Morgan fingerprint density at radius 1 is 0.252 bits per heavy atom. The molecule has 18 heteroatoms. The molecule has 0 aliphatic rings. The van der Waals surface area contributed by atoms with Crippen LogP contribution < -0.4 is 0 Å². The summed E-state index contributed by atoms with van der Waals surface area (Å²) < 4.78 is 61.5. The third-order valence-corrected chi connectivity index (χ3v) is 21.1. The van der Waals surface area contributed by atoms with Gasteiger partial charge < -0.3 is 34.2 Å². The lowest BCUT2D eigenvalue weighted by Gasteiger charge is -2.21. The summed E-state index contributed by atoms with van der Waals surface area (Å²) in [7, 11) is -9.82. The third kappa shape index (κ3) is 89.8. The molecular formula is C97H166O16P2. The van der Waals surface area contributed by atoms with E-state index in [2.05, 4.69) is 179 Å². The Balaban J connectivity index is 4.62. The molecule has 0 aliphatic heterocycles. The highest BCUT2D eigenvalue weighted by Gasteiger charge is 2.29. The number of hydrogen-bond acceptors (Lipinski definition) is 14. The van der Waals surface area contributed by atoms with Gasteiger partial charge in [-0.1, -0.05) is 365 Å². The molecule has 0 aromatic carbocycles. The quantitative estimate of drug-likeness (QED) is 0.0146. The van der Waals surface area contributed by atoms with Crippen molar-refractivity contribution in [3.05, 3.63) is 158 Å². The first-order valence-corrected chi connectivity index (χ1v) is 48.8. The molecule has 0 bridgehead atoms. The molecule has 0 amide bonds. The summed E-state index contributed by atoms with van der Waals surface area (Å²) >= 11 is 0. The molecule has 0 spiro atoms. The van der Waals surface area contributed by atoms with Gasteiger partial charge in [0.25, 0.3) is 0 Å². The highest BCUT2D eigenvalue weighted by Crippen LogP contribution is 2.45. The monoisotopic (exact) mass is 1650 g/mol. The minimum absolute atomic E-state index is 0.0867. The van der Waals surface area contributed by atoms with Crippen molar-refractivity contribution in [2.75, 3.05) is 39.6 Å². The van der Waals surface area contributed by atoms with Crippen LogP contribution in [0.25, 0.3) is 0 Å². The van der Waals surface area contributed by atoms with Crippen molar-refractivity contribution in [1.29, 1.82) is 0 Å². The maximum absolute atomic E-state index is 13.1. The fraction of sp³-hybridized carbons (Fsp3) is 0.701. The van der Waals surface area contributed by atoms with Crippen LogP contribution in [0.5, 0.6) is 0 Å². The minimum atomic E-state index is -4.95. The molecule has 660 valence electrons. The number of ether oxygens (including phenoxy) is 3. The Morgan fingerprint density at radius 2 is 0.461 bits per heavy atom. The standard InChI is InChI=1S/C97H166O16P2/c1-4-7-10-13-16-19-22-25-28-31-34-37-40-42-43-44-45-46-47-49-52-53-56-59-62-65-68-71-74-77-80-83-95(100)107-86-92(98)87-109-114(103,104)110-88-93(99)89-111-115(105,106)112-91-94(113-97(102)85-82-79-76-73-70-67-64-61-58-55-50-39-36-33-30-27-24-21-18-15-12-9-6-3)90-108-96(101)84-81-78-75-72-69-66-63-60-57-54-51-48-41-38-35-32-29-26-23-20-17-14-11-8-5-2/h8,11,16-21,25-30,34-39,42-43,48,51,55,58,92-94,98-99H,4-7,9-10,12-15,22-24,31-33,40-41,44-47,49-50,52-54,56-57,59-91H2,1-3H3,(H,103,104)(H,105,106)/b11-8-,19-16-,20-17-,21-18-,28-25-,29-26-,30-27-,37-34-,38-35-,39-36-,43-42-,51-48-,58-55-. The Kier molecular flexibility index (Phi) is 84.7. The van der Waals surface area contributed by atoms with E-state index in [0.29, 0.717) is 19.3 Å². The first kappa shape index (κ1) is 110. The molecule has 115 heavy (non-hydrogen) atoms. The van der Waals surface area contributed by atoms with E-state index < -0.39 is 91.5 Å². The predicted molar refractivity (Wildman–Crippen MR) is 482 cm³/mol. The summed E-state index contributed by atoms with van der Waals surface area (Å²) in [4.78, 5) is 59.0. The summed E-state index contributed by atoms with van der Waals surface area (Å²) in [5.74, 6) is -1.59. The highest BCUT2D eigenvalue weighted by molar-refractivity contribution is 7.47. The summed E-state index contributed by atoms with van der Waals surface area (Å²) in [6.45, 7) is 2.54. The smallest absolute Gasteiger partial charge is 0.463 e. The molecule has 16 nitrogen and oxygen atoms in total. The number of aliphatic hydroxyl groups is 2. The molecule has 0 aromatic heterocycles. The van der Waals surface area contributed by atoms with Crippen molar-refractivity contribution in [2.45, 2.75) is 399 Å². The fourth-order valence-electron chi connectivity index (χ4n) is 12.3. The molecule has 0 fully saturated rings. The van der Waals surface area contributed by atoms with Gasteiger partial charge in [-0.25, -0.2) is 9.13 Å². The Bertz CT molecular complexity index is 2720. The zero-order valence-electron chi connectivity index (χ0n) is 72.7. The zero-order chi connectivity index (χ0) is 83.6. The molecule has 0 heterocycles. The molecule has 0 radical (unpaired) electrons. The molecule has 0 aromatic rings. The molecule has 5 atom stereocenters. The maximum atomic E-state index is 13.1. The zero-order valence-corrected chi connectivity index (χ0v) is 74.5. The summed E-state index contributed by atoms with van der Waals surface area (Å²) in [5.41, 5.74) is 0. The molecule has 0 aliphatic carbocycles. The minimum Gasteiger partial charge on any atom is -0.463 e. The average Bonchev–Trinajstić information content (AvgIpc) is 0.900. The summed E-state index contributed by atoms with van der Waals surface area (Å²) in [6.07, 6.45) is 113. The van der Waals surface area contributed by atoms with E-state index in [1.54, 1.807) is 0 Å². The van der Waals surface area contributed by atoms with Crippen molar-refractivity contribution >= 4 is 33.6 Å². The van der Waals surface area contributed by atoms with E-state index in [0.717, 1.165) is 167 Å². The predicted octanol–water partition coefficient (Wildman–Crippen LogP) is 28.1. The molecular weight excluding hydrogens is 1480 g/mol. The molecule has 0 rings (SSSR count). The third-order valence-electron chi connectivity index (χ3n) is 19.2. The highest BCUT2D eigenvalue weighted by atomic mass is 31.2. The van der Waals surface area contributed by atoms with Crippen LogP contribution in [0.15, 0.2) is 158 Å². The average molecular weight is 1650 g/mol. The van der Waals surface area contributed by atoms with Crippen molar-refractivity contribution in [1.82, 2.24) is 0 Å². The number of esters is 3. The van der Waals surface area contributed by atoms with Gasteiger partial charge in [0.05, 0.1) is 26.4 Å². The lowest BCUT2D eigenvalue weighted by molar-refractivity contribution is -0.161. The van der Waals surface area contributed by atoms with Crippen LogP contribution in [-0.2, 0) is 55.8 Å². The van der Waals surface area contributed by atoms with E-state index in [-0.39, 0.29) is 19.3 Å². The SMILES string of the molecule is CC/C=C\C/C=C\C/C=C\C/C=C\C/C=C\CCCCCCCCCCCC(=O)OCC(COP(=O)(O)OCC(O)COP(=O)(O)OCC(O)COC(=O)CCCCCCCCCCCCCCCCC/C=C\C/C=C\C/C=C\C/C=C\CCCCC)OC(=O)CCCCCCCCC/C=C\C/C=C\C/C=C\C/C=C\CCCCC. The van der Waals surface area contributed by atoms with Gasteiger partial charge >= 0.3 is 33.6 Å². The van der Waals surface area contributed by atoms with E-state index in [4.69, 9.17) is 32.3 Å². The van der Waals surface area contributed by atoms with Crippen LogP contribution in [0.1, 0.15) is 380 Å². The molecule has 0 saturated carbocycles. The summed E-state index contributed by atoms with van der Waals surface area (Å²) in [5, 5.41) is 20.7. The van der Waals surface area contributed by atoms with Gasteiger partial charge in [0.1, 0.15) is 25.4 Å². The number of allylic oxidation sites excluding steroid dienone is 26. The van der Waals surface area contributed by atoms with Gasteiger partial charge in [-0.3, -0.25) is 32.5 Å². The number of rotatable bonds is 86. The number of carbonyl (C=O) groups excluding carboxylic acids is 3. The first-order chi connectivity index (χ1) is 56.2. The number of unbranched alkanes of at least 4 members (excludes halogenated alkanes) is 37. The van der Waals surface area contributed by atoms with Crippen LogP contribution in [0.4, 0.5) is 0 Å². The number of aliphatic hydroxyl groups excluding tert-OH is 2. The van der Waals surface area contributed by atoms with Crippen molar-refractivity contribution in [3.63, 3.8) is 0 Å². The van der Waals surface area contributed by atoms with Gasteiger partial charge in [0.2, 0.25) is 0 Å². The van der Waals surface area contributed by atoms with E-state index in [9.17, 15) is 43.5 Å². The second kappa shape index (κ2) is 88.5. The maximum Gasteiger partial charge on any atom is 0.472 e. The summed E-state index contributed by atoms with van der Waals surface area (Å²) in [6, 6.07) is 0. The Morgan fingerprint density at radius 3 is 0.730 bits per heavy atom. The van der Waals surface area contributed by atoms with E-state index >= 15 is 0 Å². The lowest BCUT2D eigenvalue weighted by Crippen LogP contribution is -2.30. The number of carbonyl (C=O) groups is 3. The number of hydrogen-bond donors (Lipinski definition) is 4. The van der Waals surface area contributed by atoms with Crippen molar-refractivity contribution in [2.24, 2.45) is 0 Å². The van der Waals surface area contributed by atoms with Gasteiger partial charge in [0, 0.05) is 19.3 Å². The first-order valence-electron chi connectivity index (χ1n) is 45.8. The van der Waals surface area contributed by atoms with Crippen molar-refractivity contribution < 1.29 is 75.8 Å². The normalized spacial score (nSPS) is 14.5. The molecule has 0 saturated heterocycles. The van der Waals surface area contributed by atoms with Crippen molar-refractivity contribution in [3.8, 4) is 0 Å². The van der Waals surface area contributed by atoms with E-state index in [1.165, 1.54) is 154 Å². The van der Waals surface area contributed by atoms with Gasteiger partial charge in [0.15, 0.2) is 6.10 Å². The number of phosphoric acid groups is 2. The number of phosphoric ester groups is 2. The topological polar surface area (TPSA) is 231 Å². The van der Waals surface area contributed by atoms with E-state index in [1.807, 2.05) is 0 Å². The van der Waals surface area contributed by atoms with Crippen LogP contribution in [0, 0.1) is 0 Å². The Hall–Kier alpha value is -4.83. The molecule has 4 N–H and O–H groups in total. The van der Waals surface area contributed by atoms with Gasteiger partial charge in [-0.2, -0.15) is 0 Å². The molecule has 5 unspecified atom stereocenters. The van der Waals surface area contributed by atoms with Gasteiger partial charge in [-0.05, 0) is 154 Å². The van der Waals surface area contributed by atoms with Crippen LogP contribution in [0.2, 0.25) is 0 Å². The Labute approximate surface area is 701 Å². The lowest BCUT2D eigenvalue weighted by atomic mass is 10.0. The second-order valence-corrected chi connectivity index (χ2v) is 33.3. The fourth-order valence-corrected chi connectivity index (χ4v) is 13.9. The van der Waals surface area contributed by atoms with Gasteiger partial charge in [-0.15, -0.1) is 0 Å².